The number of benzene rings is 1. The van der Waals surface area contributed by atoms with Crippen LogP contribution in [0.2, 0.25) is 0 Å². The van der Waals surface area contributed by atoms with E-state index in [0.717, 1.165) is 22.4 Å². The SMILES string of the molecule is Cc1cc(CN)cc(S(=O)(=O)N2CCSC(C)C2C)c1C. The van der Waals surface area contributed by atoms with Crippen molar-refractivity contribution in [3.05, 3.63) is 28.8 Å². The molecule has 1 aromatic carbocycles. The third-order valence-electron chi connectivity index (χ3n) is 4.33. The van der Waals surface area contributed by atoms with Crippen molar-refractivity contribution in [3.8, 4) is 0 Å². The lowest BCUT2D eigenvalue weighted by Gasteiger charge is -2.36. The van der Waals surface area contributed by atoms with Gasteiger partial charge in [-0.15, -0.1) is 0 Å². The normalized spacial score (nSPS) is 24.2. The van der Waals surface area contributed by atoms with Crippen LogP contribution in [0.4, 0.5) is 0 Å². The Morgan fingerprint density at radius 2 is 2.00 bits per heavy atom. The number of thioether (sulfide) groups is 1. The quantitative estimate of drug-likeness (QED) is 0.924. The van der Waals surface area contributed by atoms with Crippen LogP contribution in [0.25, 0.3) is 0 Å². The van der Waals surface area contributed by atoms with Gasteiger partial charge in [-0.05, 0) is 43.5 Å². The minimum absolute atomic E-state index is 0.00925. The summed E-state index contributed by atoms with van der Waals surface area (Å²) in [5, 5.41) is 0.313. The standard InChI is InChI=1S/C15H24N2O2S2/c1-10-7-14(9-16)8-15(11(10)2)21(18,19)17-5-6-20-13(4)12(17)3/h7-8,12-13H,5-6,9,16H2,1-4H3. The lowest BCUT2D eigenvalue weighted by atomic mass is 10.1. The summed E-state index contributed by atoms with van der Waals surface area (Å²) in [6, 6.07) is 3.71. The van der Waals surface area contributed by atoms with Gasteiger partial charge in [-0.1, -0.05) is 13.0 Å². The number of aryl methyl sites for hydroxylation is 1. The minimum Gasteiger partial charge on any atom is -0.326 e. The molecular formula is C15H24N2O2S2. The van der Waals surface area contributed by atoms with Crippen LogP contribution < -0.4 is 5.73 Å². The van der Waals surface area contributed by atoms with Crippen LogP contribution in [0.5, 0.6) is 0 Å². The summed E-state index contributed by atoms with van der Waals surface area (Å²) < 4.78 is 27.8. The lowest BCUT2D eigenvalue weighted by molar-refractivity contribution is 0.340. The monoisotopic (exact) mass is 328 g/mol. The molecule has 2 atom stereocenters. The van der Waals surface area contributed by atoms with Crippen LogP contribution in [0.3, 0.4) is 0 Å². The molecule has 1 aliphatic rings. The van der Waals surface area contributed by atoms with Crippen LogP contribution in [-0.4, -0.2) is 36.3 Å². The Morgan fingerprint density at radius 1 is 1.33 bits per heavy atom. The van der Waals surface area contributed by atoms with Crippen LogP contribution in [0.1, 0.15) is 30.5 Å². The summed E-state index contributed by atoms with van der Waals surface area (Å²) in [5.74, 6) is 0.847. The maximum absolute atomic E-state index is 13.1. The fraction of sp³-hybridized carbons (Fsp3) is 0.600. The van der Waals surface area contributed by atoms with E-state index in [0.29, 0.717) is 23.2 Å². The molecule has 2 N–H and O–H groups in total. The predicted molar refractivity (Wildman–Crippen MR) is 89.1 cm³/mol. The molecule has 21 heavy (non-hydrogen) atoms. The highest BCUT2D eigenvalue weighted by molar-refractivity contribution is 8.00. The first-order valence-electron chi connectivity index (χ1n) is 7.22. The number of rotatable bonds is 3. The third-order valence-corrected chi connectivity index (χ3v) is 7.78. The summed E-state index contributed by atoms with van der Waals surface area (Å²) in [6.45, 7) is 8.81. The summed E-state index contributed by atoms with van der Waals surface area (Å²) in [4.78, 5) is 0.411. The van der Waals surface area contributed by atoms with Crippen molar-refractivity contribution in [1.82, 2.24) is 4.31 Å². The Balaban J connectivity index is 2.51. The first-order valence-corrected chi connectivity index (χ1v) is 9.71. The van der Waals surface area contributed by atoms with Crippen molar-refractivity contribution >= 4 is 21.8 Å². The molecule has 4 nitrogen and oxygen atoms in total. The fourth-order valence-electron chi connectivity index (χ4n) is 2.66. The van der Waals surface area contributed by atoms with Crippen molar-refractivity contribution in [2.24, 2.45) is 5.73 Å². The molecule has 0 aromatic heterocycles. The van der Waals surface area contributed by atoms with Crippen LogP contribution >= 0.6 is 11.8 Å². The molecule has 1 heterocycles. The molecule has 0 radical (unpaired) electrons. The Hall–Kier alpha value is -0.560. The van der Waals surface area contributed by atoms with Crippen molar-refractivity contribution in [2.75, 3.05) is 12.3 Å². The molecule has 0 bridgehead atoms. The maximum Gasteiger partial charge on any atom is 0.243 e. The van der Waals surface area contributed by atoms with Crippen molar-refractivity contribution < 1.29 is 8.42 Å². The molecule has 6 heteroatoms. The molecule has 0 amide bonds. The van der Waals surface area contributed by atoms with E-state index >= 15 is 0 Å². The number of hydrogen-bond acceptors (Lipinski definition) is 4. The number of nitrogens with zero attached hydrogens (tertiary/aromatic N) is 1. The van der Waals surface area contributed by atoms with Gasteiger partial charge in [0.15, 0.2) is 0 Å². The summed E-state index contributed by atoms with van der Waals surface area (Å²) in [7, 11) is -3.47. The molecule has 2 rings (SSSR count). The van der Waals surface area contributed by atoms with Gasteiger partial charge in [0, 0.05) is 30.1 Å². The maximum atomic E-state index is 13.1. The second-order valence-electron chi connectivity index (χ2n) is 5.67. The Labute approximate surface area is 132 Å². The zero-order valence-electron chi connectivity index (χ0n) is 13.1. The Kier molecular flexibility index (Phi) is 5.03. The first-order chi connectivity index (χ1) is 9.78. The van der Waals surface area contributed by atoms with Gasteiger partial charge in [0.25, 0.3) is 0 Å². The average Bonchev–Trinajstić information content (AvgIpc) is 2.44. The molecule has 0 spiro atoms. The van der Waals surface area contributed by atoms with Crippen molar-refractivity contribution in [2.45, 2.75) is 50.4 Å². The van der Waals surface area contributed by atoms with Crippen LogP contribution in [0.15, 0.2) is 17.0 Å². The van der Waals surface area contributed by atoms with Gasteiger partial charge in [0.05, 0.1) is 4.90 Å². The average molecular weight is 329 g/mol. The van der Waals surface area contributed by atoms with E-state index in [9.17, 15) is 8.42 Å². The summed E-state index contributed by atoms with van der Waals surface area (Å²) in [5.41, 5.74) is 8.36. The van der Waals surface area contributed by atoms with Gasteiger partial charge in [0.1, 0.15) is 0 Å². The molecule has 118 valence electrons. The molecule has 1 saturated heterocycles. The topological polar surface area (TPSA) is 63.4 Å². The van der Waals surface area contributed by atoms with Gasteiger partial charge < -0.3 is 5.73 Å². The van der Waals surface area contributed by atoms with E-state index in [1.807, 2.05) is 38.6 Å². The number of sulfonamides is 1. The van der Waals surface area contributed by atoms with E-state index in [1.165, 1.54) is 0 Å². The zero-order chi connectivity index (χ0) is 15.8. The molecule has 0 saturated carbocycles. The van der Waals surface area contributed by atoms with E-state index < -0.39 is 10.0 Å². The molecule has 2 unspecified atom stereocenters. The smallest absolute Gasteiger partial charge is 0.243 e. The lowest BCUT2D eigenvalue weighted by Crippen LogP contribution is -2.48. The van der Waals surface area contributed by atoms with Gasteiger partial charge in [0.2, 0.25) is 10.0 Å². The minimum atomic E-state index is -3.47. The Morgan fingerprint density at radius 3 is 2.62 bits per heavy atom. The highest BCUT2D eigenvalue weighted by Gasteiger charge is 2.35. The van der Waals surface area contributed by atoms with E-state index in [2.05, 4.69) is 6.92 Å². The summed E-state index contributed by atoms with van der Waals surface area (Å²) in [6.07, 6.45) is 0. The van der Waals surface area contributed by atoms with Gasteiger partial charge >= 0.3 is 0 Å². The molecule has 1 aliphatic heterocycles. The van der Waals surface area contributed by atoms with E-state index in [4.69, 9.17) is 5.73 Å². The molecular weight excluding hydrogens is 304 g/mol. The van der Waals surface area contributed by atoms with Gasteiger partial charge in [-0.25, -0.2) is 8.42 Å². The second kappa shape index (κ2) is 6.28. The van der Waals surface area contributed by atoms with Crippen molar-refractivity contribution in [3.63, 3.8) is 0 Å². The molecule has 1 fully saturated rings. The zero-order valence-corrected chi connectivity index (χ0v) is 14.7. The van der Waals surface area contributed by atoms with E-state index in [1.54, 1.807) is 10.4 Å². The third kappa shape index (κ3) is 3.13. The second-order valence-corrected chi connectivity index (χ2v) is 9.02. The van der Waals surface area contributed by atoms with Gasteiger partial charge in [-0.2, -0.15) is 16.1 Å². The summed E-state index contributed by atoms with van der Waals surface area (Å²) >= 11 is 1.83. The Bertz CT molecular complexity index is 629. The van der Waals surface area contributed by atoms with Gasteiger partial charge in [-0.3, -0.25) is 0 Å². The number of hydrogen-bond donors (Lipinski definition) is 1. The largest absolute Gasteiger partial charge is 0.326 e. The predicted octanol–water partition coefficient (Wildman–Crippen LogP) is 2.28. The first kappa shape index (κ1) is 16.8. The van der Waals surface area contributed by atoms with Crippen LogP contribution in [-0.2, 0) is 16.6 Å². The number of nitrogens with two attached hydrogens (primary N) is 1. The fourth-order valence-corrected chi connectivity index (χ4v) is 6.00. The molecule has 1 aromatic rings. The van der Waals surface area contributed by atoms with Crippen molar-refractivity contribution in [1.29, 1.82) is 0 Å². The highest BCUT2D eigenvalue weighted by Crippen LogP contribution is 2.31. The molecule has 0 aliphatic carbocycles. The van der Waals surface area contributed by atoms with E-state index in [-0.39, 0.29) is 6.04 Å². The highest BCUT2D eigenvalue weighted by atomic mass is 32.2. The van der Waals surface area contributed by atoms with Crippen LogP contribution in [0, 0.1) is 13.8 Å².